The highest BCUT2D eigenvalue weighted by Gasteiger charge is 2.24. The third-order valence-corrected chi connectivity index (χ3v) is 7.56. The summed E-state index contributed by atoms with van der Waals surface area (Å²) in [6.45, 7) is 3.21. The van der Waals surface area contributed by atoms with Crippen LogP contribution in [0.25, 0.3) is 10.4 Å². The molecule has 0 amide bonds. The van der Waals surface area contributed by atoms with Crippen LogP contribution in [0.3, 0.4) is 0 Å². The van der Waals surface area contributed by atoms with E-state index in [1.54, 1.807) is 21.3 Å². The zero-order chi connectivity index (χ0) is 23.4. The molecule has 0 aliphatic carbocycles. The molecule has 1 unspecified atom stereocenters. The van der Waals surface area contributed by atoms with Gasteiger partial charge < -0.3 is 23.8 Å². The molecule has 0 spiro atoms. The second-order valence-electron chi connectivity index (χ2n) is 7.53. The maximum atomic E-state index is 13.3. The Kier molecular flexibility index (Phi) is 7.70. The number of carbonyl (C=O) groups excluding carboxylic acids is 1. The molecule has 1 aliphatic rings. The summed E-state index contributed by atoms with van der Waals surface area (Å²) in [5.41, 5.74) is 2.88. The van der Waals surface area contributed by atoms with Crippen molar-refractivity contribution in [3.05, 3.63) is 63.4 Å². The predicted octanol–water partition coefficient (Wildman–Crippen LogP) is 5.60. The minimum Gasteiger partial charge on any atom is -0.495 e. The monoisotopic (exact) mass is 531 g/mol. The number of hydrogen-bond acceptors (Lipinski definition) is 7. The molecule has 2 aromatic carbocycles. The van der Waals surface area contributed by atoms with Crippen LogP contribution in [-0.4, -0.2) is 53.4 Å². The molecular weight excluding hydrogens is 506 g/mol. The number of anilines is 1. The number of ether oxygens (including phenoxy) is 4. The molecule has 8 heteroatoms. The van der Waals surface area contributed by atoms with Crippen molar-refractivity contribution in [1.29, 1.82) is 0 Å². The molecule has 0 radical (unpaired) electrons. The van der Waals surface area contributed by atoms with Gasteiger partial charge in [-0.05, 0) is 63.5 Å². The predicted molar refractivity (Wildman–Crippen MR) is 134 cm³/mol. The number of morpholine rings is 1. The zero-order valence-corrected chi connectivity index (χ0v) is 21.2. The number of methoxy groups -OCH3 is 3. The van der Waals surface area contributed by atoms with Crippen LogP contribution in [0.1, 0.15) is 21.3 Å². The summed E-state index contributed by atoms with van der Waals surface area (Å²) in [6.07, 6.45) is -0.663. The Labute approximate surface area is 206 Å². The maximum Gasteiger partial charge on any atom is 0.206 e. The minimum absolute atomic E-state index is 0.0658. The number of carbonyl (C=O) groups is 1. The lowest BCUT2D eigenvalue weighted by molar-refractivity contribution is 0.0609. The van der Waals surface area contributed by atoms with E-state index in [9.17, 15) is 4.79 Å². The SMILES string of the molecule is COc1cc(-c2ccc(C(=O)C(OC)c3ccc(N4CCOCC4)cc3)s2)cc(OC)c1Br. The van der Waals surface area contributed by atoms with Gasteiger partial charge in [-0.1, -0.05) is 12.1 Å². The zero-order valence-electron chi connectivity index (χ0n) is 18.8. The Morgan fingerprint density at radius 1 is 1.00 bits per heavy atom. The summed E-state index contributed by atoms with van der Waals surface area (Å²) < 4.78 is 22.7. The van der Waals surface area contributed by atoms with E-state index in [0.29, 0.717) is 16.4 Å². The van der Waals surface area contributed by atoms with Crippen LogP contribution in [0.2, 0.25) is 0 Å². The maximum absolute atomic E-state index is 13.3. The van der Waals surface area contributed by atoms with E-state index in [0.717, 1.165) is 52.5 Å². The summed E-state index contributed by atoms with van der Waals surface area (Å²) in [5, 5.41) is 0. The van der Waals surface area contributed by atoms with Crippen LogP contribution in [0, 0.1) is 0 Å². The van der Waals surface area contributed by atoms with E-state index in [4.69, 9.17) is 18.9 Å². The summed E-state index contributed by atoms with van der Waals surface area (Å²) >= 11 is 4.92. The average molecular weight is 532 g/mol. The van der Waals surface area contributed by atoms with Crippen molar-refractivity contribution in [1.82, 2.24) is 0 Å². The van der Waals surface area contributed by atoms with Crippen molar-refractivity contribution in [3.63, 3.8) is 0 Å². The van der Waals surface area contributed by atoms with Gasteiger partial charge in [0.2, 0.25) is 5.78 Å². The molecule has 0 saturated carbocycles. The van der Waals surface area contributed by atoms with E-state index in [1.807, 2.05) is 48.5 Å². The fourth-order valence-electron chi connectivity index (χ4n) is 3.84. The lowest BCUT2D eigenvalue weighted by Gasteiger charge is -2.29. The molecular formula is C25H26BrNO5S. The summed E-state index contributed by atoms with van der Waals surface area (Å²) in [7, 11) is 4.79. The Balaban J connectivity index is 1.55. The second-order valence-corrected chi connectivity index (χ2v) is 9.41. The number of rotatable bonds is 8. The fourth-order valence-corrected chi connectivity index (χ4v) is 5.35. The van der Waals surface area contributed by atoms with Gasteiger partial charge in [-0.15, -0.1) is 11.3 Å². The molecule has 1 atom stereocenters. The number of ketones is 1. The molecule has 2 heterocycles. The van der Waals surface area contributed by atoms with Crippen molar-refractivity contribution in [2.75, 3.05) is 52.5 Å². The lowest BCUT2D eigenvalue weighted by atomic mass is 10.0. The summed E-state index contributed by atoms with van der Waals surface area (Å²) in [5.74, 6) is 1.27. The lowest BCUT2D eigenvalue weighted by Crippen LogP contribution is -2.36. The van der Waals surface area contributed by atoms with Gasteiger partial charge in [-0.3, -0.25) is 4.79 Å². The van der Waals surface area contributed by atoms with Crippen LogP contribution in [0.4, 0.5) is 5.69 Å². The van der Waals surface area contributed by atoms with Gasteiger partial charge in [-0.2, -0.15) is 0 Å². The van der Waals surface area contributed by atoms with Gasteiger partial charge >= 0.3 is 0 Å². The normalized spacial score (nSPS) is 14.7. The third kappa shape index (κ3) is 5.09. The second kappa shape index (κ2) is 10.7. The van der Waals surface area contributed by atoms with Gasteiger partial charge in [0.15, 0.2) is 0 Å². The molecule has 4 rings (SSSR count). The van der Waals surface area contributed by atoms with Crippen LogP contribution in [0.15, 0.2) is 53.0 Å². The van der Waals surface area contributed by atoms with Crippen LogP contribution < -0.4 is 14.4 Å². The first-order valence-corrected chi connectivity index (χ1v) is 12.2. The Bertz CT molecular complexity index is 1080. The molecule has 3 aromatic rings. The topological polar surface area (TPSA) is 57.2 Å². The van der Waals surface area contributed by atoms with Crippen molar-refractivity contribution >= 4 is 38.7 Å². The van der Waals surface area contributed by atoms with Crippen LogP contribution in [-0.2, 0) is 9.47 Å². The first kappa shape index (κ1) is 23.8. The molecule has 174 valence electrons. The molecule has 1 aromatic heterocycles. The van der Waals surface area contributed by atoms with E-state index in [1.165, 1.54) is 11.3 Å². The van der Waals surface area contributed by atoms with Gasteiger partial charge in [0, 0.05) is 30.8 Å². The van der Waals surface area contributed by atoms with Crippen LogP contribution >= 0.6 is 27.3 Å². The number of thiophene rings is 1. The fraction of sp³-hybridized carbons (Fsp3) is 0.320. The van der Waals surface area contributed by atoms with Crippen molar-refractivity contribution in [2.24, 2.45) is 0 Å². The highest BCUT2D eigenvalue weighted by Crippen LogP contribution is 2.41. The molecule has 6 nitrogen and oxygen atoms in total. The summed E-state index contributed by atoms with van der Waals surface area (Å²) in [6, 6.07) is 15.6. The van der Waals surface area contributed by atoms with Crippen molar-refractivity contribution < 1.29 is 23.7 Å². The quantitative estimate of drug-likeness (QED) is 0.352. The van der Waals surface area contributed by atoms with E-state index < -0.39 is 6.10 Å². The minimum atomic E-state index is -0.663. The Hall–Kier alpha value is -2.39. The average Bonchev–Trinajstić information content (AvgIpc) is 3.36. The molecule has 1 aliphatic heterocycles. The largest absolute Gasteiger partial charge is 0.495 e. The summed E-state index contributed by atoms with van der Waals surface area (Å²) in [4.78, 5) is 17.2. The van der Waals surface area contributed by atoms with E-state index in [-0.39, 0.29) is 5.78 Å². The smallest absolute Gasteiger partial charge is 0.206 e. The van der Waals surface area contributed by atoms with E-state index in [2.05, 4.69) is 20.8 Å². The highest BCUT2D eigenvalue weighted by molar-refractivity contribution is 9.10. The standard InChI is InChI=1S/C25H26BrNO5S/c1-29-19-14-17(15-20(30-2)23(19)26)21-8-9-22(33-21)24(28)25(31-3)16-4-6-18(7-5-16)27-10-12-32-13-11-27/h4-9,14-15,25H,10-13H2,1-3H3. The van der Waals surface area contributed by atoms with Crippen LogP contribution in [0.5, 0.6) is 11.5 Å². The third-order valence-electron chi connectivity index (χ3n) is 5.62. The molecule has 1 fully saturated rings. The first-order chi connectivity index (χ1) is 16.0. The van der Waals surface area contributed by atoms with Gasteiger partial charge in [0.05, 0.1) is 32.3 Å². The number of hydrogen-bond donors (Lipinski definition) is 0. The number of Topliss-reactive ketones (excluding diaryl/α,β-unsaturated/α-hetero) is 1. The van der Waals surface area contributed by atoms with Crippen molar-refractivity contribution in [3.8, 4) is 21.9 Å². The Morgan fingerprint density at radius 3 is 2.21 bits per heavy atom. The number of halogens is 1. The number of benzene rings is 2. The highest BCUT2D eigenvalue weighted by atomic mass is 79.9. The van der Waals surface area contributed by atoms with Crippen molar-refractivity contribution in [2.45, 2.75) is 6.10 Å². The van der Waals surface area contributed by atoms with Gasteiger partial charge in [-0.25, -0.2) is 0 Å². The van der Waals surface area contributed by atoms with Gasteiger partial charge in [0.25, 0.3) is 0 Å². The first-order valence-electron chi connectivity index (χ1n) is 10.6. The molecule has 1 saturated heterocycles. The number of nitrogens with zero attached hydrogens (tertiary/aromatic N) is 1. The molecule has 33 heavy (non-hydrogen) atoms. The van der Waals surface area contributed by atoms with E-state index >= 15 is 0 Å². The molecule has 0 bridgehead atoms. The molecule has 0 N–H and O–H groups in total. The van der Waals surface area contributed by atoms with Gasteiger partial charge in [0.1, 0.15) is 22.1 Å². The Morgan fingerprint density at radius 2 is 1.64 bits per heavy atom.